The van der Waals surface area contributed by atoms with Crippen LogP contribution in [0.2, 0.25) is 0 Å². The van der Waals surface area contributed by atoms with Gasteiger partial charge in [0.05, 0.1) is 25.9 Å². The van der Waals surface area contributed by atoms with E-state index in [1.54, 1.807) is 19.4 Å². The molecule has 1 aliphatic rings. The Hall–Kier alpha value is -3.97. The number of carbonyl (C=O) groups excluding carboxylic acids is 1. The molecular formula is C28H28N4O3. The van der Waals surface area contributed by atoms with Crippen LogP contribution in [0.15, 0.2) is 79.3 Å². The monoisotopic (exact) mass is 468 g/mol. The number of hydrogen-bond acceptors (Lipinski definition) is 6. The third-order valence-electron chi connectivity index (χ3n) is 6.25. The lowest BCUT2D eigenvalue weighted by atomic mass is 9.97. The zero-order chi connectivity index (χ0) is 24.0. The van der Waals surface area contributed by atoms with Crippen molar-refractivity contribution in [2.45, 2.75) is 6.42 Å². The maximum Gasteiger partial charge on any atom is 0.257 e. The van der Waals surface area contributed by atoms with Crippen LogP contribution in [0.3, 0.4) is 0 Å². The summed E-state index contributed by atoms with van der Waals surface area (Å²) < 4.78 is 11.1. The normalized spacial score (nSPS) is 16.0. The predicted molar refractivity (Wildman–Crippen MR) is 136 cm³/mol. The molecule has 5 rings (SSSR count). The molecule has 2 aromatic carbocycles. The van der Waals surface area contributed by atoms with Gasteiger partial charge >= 0.3 is 0 Å². The van der Waals surface area contributed by atoms with Gasteiger partial charge in [0.25, 0.3) is 5.91 Å². The number of ether oxygens (including phenoxy) is 2. The van der Waals surface area contributed by atoms with Gasteiger partial charge in [0.2, 0.25) is 0 Å². The molecule has 0 saturated carbocycles. The summed E-state index contributed by atoms with van der Waals surface area (Å²) >= 11 is 0. The summed E-state index contributed by atoms with van der Waals surface area (Å²) in [6.45, 7) is 2.33. The fourth-order valence-electron chi connectivity index (χ4n) is 4.44. The van der Waals surface area contributed by atoms with Crippen LogP contribution < -0.4 is 10.1 Å². The molecule has 1 fully saturated rings. The molecule has 1 aliphatic heterocycles. The van der Waals surface area contributed by atoms with Gasteiger partial charge in [0.1, 0.15) is 11.6 Å². The molecule has 7 nitrogen and oxygen atoms in total. The van der Waals surface area contributed by atoms with Crippen LogP contribution in [0.25, 0.3) is 10.8 Å². The van der Waals surface area contributed by atoms with Gasteiger partial charge in [-0.05, 0) is 59.8 Å². The number of aromatic nitrogens is 2. The molecule has 0 radical (unpaired) electrons. The van der Waals surface area contributed by atoms with Crippen molar-refractivity contribution in [3.05, 3.63) is 90.4 Å². The molecule has 7 heteroatoms. The molecule has 1 N–H and O–H groups in total. The molecule has 178 valence electrons. The third-order valence-corrected chi connectivity index (χ3v) is 6.25. The van der Waals surface area contributed by atoms with E-state index in [1.807, 2.05) is 53.7 Å². The Morgan fingerprint density at radius 1 is 1.11 bits per heavy atom. The van der Waals surface area contributed by atoms with E-state index >= 15 is 0 Å². The number of anilines is 2. The van der Waals surface area contributed by atoms with Crippen LogP contribution in [-0.2, 0) is 11.2 Å². The molecule has 1 saturated heterocycles. The van der Waals surface area contributed by atoms with Gasteiger partial charge in [-0.1, -0.05) is 18.2 Å². The summed E-state index contributed by atoms with van der Waals surface area (Å²) in [4.78, 5) is 24.1. The Labute approximate surface area is 204 Å². The average molecular weight is 469 g/mol. The first-order valence-corrected chi connectivity index (χ1v) is 11.8. The number of amides is 1. The molecule has 0 unspecified atom stereocenters. The summed E-state index contributed by atoms with van der Waals surface area (Å²) in [5.74, 6) is 1.46. The van der Waals surface area contributed by atoms with Crippen LogP contribution in [0.1, 0.15) is 15.9 Å². The zero-order valence-corrected chi connectivity index (χ0v) is 19.7. The predicted octanol–water partition coefficient (Wildman–Crippen LogP) is 4.71. The molecule has 0 aliphatic carbocycles. The Kier molecular flexibility index (Phi) is 6.86. The first-order valence-electron chi connectivity index (χ1n) is 11.8. The highest BCUT2D eigenvalue weighted by Gasteiger charge is 2.25. The number of rotatable bonds is 6. The number of carbonyl (C=O) groups is 1. The van der Waals surface area contributed by atoms with E-state index < -0.39 is 0 Å². The largest absolute Gasteiger partial charge is 0.497 e. The van der Waals surface area contributed by atoms with Crippen LogP contribution in [0.5, 0.6) is 5.75 Å². The molecule has 0 bridgehead atoms. The number of benzene rings is 2. The van der Waals surface area contributed by atoms with Crippen LogP contribution in [0, 0.1) is 5.92 Å². The van der Waals surface area contributed by atoms with Crippen molar-refractivity contribution in [2.75, 3.05) is 38.7 Å². The quantitative estimate of drug-likeness (QED) is 0.442. The lowest BCUT2D eigenvalue weighted by molar-refractivity contribution is 0.0738. The molecule has 35 heavy (non-hydrogen) atoms. The minimum absolute atomic E-state index is 0.0470. The summed E-state index contributed by atoms with van der Waals surface area (Å²) in [7, 11) is 1.63. The molecule has 1 amide bonds. The lowest BCUT2D eigenvalue weighted by Gasteiger charge is -2.24. The van der Waals surface area contributed by atoms with Crippen LogP contribution in [0.4, 0.5) is 11.5 Å². The van der Waals surface area contributed by atoms with E-state index in [-0.39, 0.29) is 11.8 Å². The van der Waals surface area contributed by atoms with Crippen LogP contribution >= 0.6 is 0 Å². The van der Waals surface area contributed by atoms with Crippen molar-refractivity contribution in [3.8, 4) is 5.75 Å². The number of pyridine rings is 2. The van der Waals surface area contributed by atoms with Crippen molar-refractivity contribution in [2.24, 2.45) is 5.92 Å². The SMILES string of the molecule is COc1ccc(Nc2ncccc2C(=O)N2CCOC[C@@H](Cc3ccc4cnccc4c3)C2)cc1. The van der Waals surface area contributed by atoms with Crippen molar-refractivity contribution < 1.29 is 14.3 Å². The summed E-state index contributed by atoms with van der Waals surface area (Å²) in [5.41, 5.74) is 2.61. The van der Waals surface area contributed by atoms with Gasteiger partial charge in [0, 0.05) is 48.7 Å². The standard InChI is InChI=1S/C28H28N4O3/c1-34-25-8-6-24(7-9-25)31-27-26(3-2-11-30-27)28(33)32-13-14-35-19-21(18-32)15-20-4-5-23-17-29-12-10-22(23)16-20/h2-12,16-17,21H,13-15,18-19H2,1H3,(H,30,31)/t21-/m0/s1. The third kappa shape index (κ3) is 5.41. The van der Waals surface area contributed by atoms with E-state index in [0.717, 1.165) is 23.2 Å². The molecule has 1 atom stereocenters. The maximum absolute atomic E-state index is 13.6. The fourth-order valence-corrected chi connectivity index (χ4v) is 4.44. The second kappa shape index (κ2) is 10.5. The van der Waals surface area contributed by atoms with Gasteiger partial charge in [-0.25, -0.2) is 4.98 Å². The minimum atomic E-state index is -0.0470. The van der Waals surface area contributed by atoms with E-state index in [9.17, 15) is 4.79 Å². The molecular weight excluding hydrogens is 440 g/mol. The van der Waals surface area contributed by atoms with Crippen molar-refractivity contribution >= 4 is 28.2 Å². The Bertz CT molecular complexity index is 1310. The molecule has 4 aromatic rings. The van der Waals surface area contributed by atoms with Gasteiger partial charge in [-0.15, -0.1) is 0 Å². The Morgan fingerprint density at radius 3 is 2.86 bits per heavy atom. The van der Waals surface area contributed by atoms with E-state index in [4.69, 9.17) is 9.47 Å². The van der Waals surface area contributed by atoms with Gasteiger partial charge in [0.15, 0.2) is 0 Å². The number of nitrogens with one attached hydrogen (secondary N) is 1. The number of nitrogens with zero attached hydrogens (tertiary/aromatic N) is 3. The highest BCUT2D eigenvalue weighted by molar-refractivity contribution is 5.99. The van der Waals surface area contributed by atoms with Gasteiger partial charge in [-0.3, -0.25) is 9.78 Å². The average Bonchev–Trinajstić information content (AvgIpc) is 3.14. The van der Waals surface area contributed by atoms with Crippen molar-refractivity contribution in [1.82, 2.24) is 14.9 Å². The topological polar surface area (TPSA) is 76.6 Å². The van der Waals surface area contributed by atoms with Crippen molar-refractivity contribution in [1.29, 1.82) is 0 Å². The lowest BCUT2D eigenvalue weighted by Crippen LogP contribution is -2.36. The molecule has 2 aromatic heterocycles. The van der Waals surface area contributed by atoms with Gasteiger partial charge in [-0.2, -0.15) is 0 Å². The smallest absolute Gasteiger partial charge is 0.257 e. The van der Waals surface area contributed by atoms with Crippen LogP contribution in [-0.4, -0.2) is 54.2 Å². The molecule has 3 heterocycles. The number of hydrogen-bond donors (Lipinski definition) is 1. The van der Waals surface area contributed by atoms with Crippen molar-refractivity contribution in [3.63, 3.8) is 0 Å². The Balaban J connectivity index is 1.32. The second-order valence-corrected chi connectivity index (χ2v) is 8.71. The van der Waals surface area contributed by atoms with E-state index in [2.05, 4.69) is 33.5 Å². The first-order chi connectivity index (χ1) is 17.2. The summed E-state index contributed by atoms with van der Waals surface area (Å²) in [6, 6.07) is 19.6. The minimum Gasteiger partial charge on any atom is -0.497 e. The highest BCUT2D eigenvalue weighted by Crippen LogP contribution is 2.24. The first kappa shape index (κ1) is 22.8. The molecule has 0 spiro atoms. The highest BCUT2D eigenvalue weighted by atomic mass is 16.5. The fraction of sp³-hybridized carbons (Fsp3) is 0.250. The maximum atomic E-state index is 13.6. The van der Waals surface area contributed by atoms with E-state index in [0.29, 0.717) is 37.7 Å². The van der Waals surface area contributed by atoms with E-state index in [1.165, 1.54) is 10.9 Å². The second-order valence-electron chi connectivity index (χ2n) is 8.71. The van der Waals surface area contributed by atoms with Gasteiger partial charge < -0.3 is 19.7 Å². The Morgan fingerprint density at radius 2 is 2.00 bits per heavy atom. The number of fused-ring (bicyclic) bond motifs is 1. The zero-order valence-electron chi connectivity index (χ0n) is 19.7. The summed E-state index contributed by atoms with van der Waals surface area (Å²) in [6.07, 6.45) is 6.21. The number of methoxy groups -OCH3 is 1. The summed E-state index contributed by atoms with van der Waals surface area (Å²) in [5, 5.41) is 5.57.